The second kappa shape index (κ2) is 8.21. The quantitative estimate of drug-likeness (QED) is 0.661. The van der Waals surface area contributed by atoms with Gasteiger partial charge in [-0.2, -0.15) is 4.98 Å². The number of anilines is 3. The lowest BCUT2D eigenvalue weighted by Crippen LogP contribution is -2.35. The van der Waals surface area contributed by atoms with Crippen LogP contribution in [0.3, 0.4) is 0 Å². The normalized spacial score (nSPS) is 14.9. The van der Waals surface area contributed by atoms with Crippen LogP contribution >= 0.6 is 0 Å². The predicted octanol–water partition coefficient (Wildman–Crippen LogP) is 4.70. The summed E-state index contributed by atoms with van der Waals surface area (Å²) in [6.07, 6.45) is 5.42. The Kier molecular flexibility index (Phi) is 5.33. The van der Waals surface area contributed by atoms with Crippen LogP contribution in [0.1, 0.15) is 18.4 Å². The summed E-state index contributed by atoms with van der Waals surface area (Å²) in [6.45, 7) is 2.05. The van der Waals surface area contributed by atoms with Crippen molar-refractivity contribution in [3.8, 4) is 0 Å². The van der Waals surface area contributed by atoms with Gasteiger partial charge in [-0.1, -0.05) is 48.5 Å². The molecule has 1 aliphatic heterocycles. The van der Waals surface area contributed by atoms with E-state index < -0.39 is 0 Å². The summed E-state index contributed by atoms with van der Waals surface area (Å²) < 4.78 is 0. The number of nitrogens with zero attached hydrogens (tertiary/aromatic N) is 4. The molecule has 0 unspecified atom stereocenters. The van der Waals surface area contributed by atoms with Gasteiger partial charge in [-0.15, -0.1) is 0 Å². The molecule has 4 heteroatoms. The van der Waals surface area contributed by atoms with E-state index in [0.717, 1.165) is 36.5 Å². The molecule has 0 bridgehead atoms. The van der Waals surface area contributed by atoms with Crippen molar-refractivity contribution in [2.45, 2.75) is 19.3 Å². The molecule has 0 radical (unpaired) electrons. The van der Waals surface area contributed by atoms with Crippen LogP contribution in [0.5, 0.6) is 0 Å². The zero-order valence-corrected chi connectivity index (χ0v) is 15.8. The SMILES string of the molecule is CN(c1ccccc1)c1ccnc(N2CCC(Cc3ccccc3)CC2)n1. The molecular formula is C23H26N4. The Morgan fingerprint density at radius 1 is 0.926 bits per heavy atom. The van der Waals surface area contributed by atoms with Crippen LogP contribution in [0.15, 0.2) is 72.9 Å². The second-order valence-electron chi connectivity index (χ2n) is 7.23. The van der Waals surface area contributed by atoms with E-state index in [1.165, 1.54) is 24.8 Å². The number of benzene rings is 2. The second-order valence-corrected chi connectivity index (χ2v) is 7.23. The molecule has 1 aliphatic rings. The van der Waals surface area contributed by atoms with Crippen molar-refractivity contribution in [2.75, 3.05) is 29.9 Å². The predicted molar refractivity (Wildman–Crippen MR) is 112 cm³/mol. The molecule has 27 heavy (non-hydrogen) atoms. The molecule has 0 amide bonds. The van der Waals surface area contributed by atoms with Crippen molar-refractivity contribution in [2.24, 2.45) is 5.92 Å². The minimum Gasteiger partial charge on any atom is -0.341 e. The van der Waals surface area contributed by atoms with Gasteiger partial charge in [0.2, 0.25) is 5.95 Å². The van der Waals surface area contributed by atoms with Crippen LogP contribution in [0.25, 0.3) is 0 Å². The topological polar surface area (TPSA) is 32.3 Å². The Morgan fingerprint density at radius 3 is 2.30 bits per heavy atom. The highest BCUT2D eigenvalue weighted by Crippen LogP contribution is 2.26. The molecule has 0 aliphatic carbocycles. The average molecular weight is 358 g/mol. The van der Waals surface area contributed by atoms with E-state index >= 15 is 0 Å². The summed E-state index contributed by atoms with van der Waals surface area (Å²) in [5.41, 5.74) is 2.57. The Labute approximate surface area is 161 Å². The lowest BCUT2D eigenvalue weighted by Gasteiger charge is -2.32. The molecule has 0 spiro atoms. The van der Waals surface area contributed by atoms with Gasteiger partial charge in [-0.05, 0) is 48.9 Å². The fourth-order valence-electron chi connectivity index (χ4n) is 3.75. The van der Waals surface area contributed by atoms with Crippen molar-refractivity contribution >= 4 is 17.5 Å². The van der Waals surface area contributed by atoms with Crippen LogP contribution in [0.4, 0.5) is 17.5 Å². The van der Waals surface area contributed by atoms with Gasteiger partial charge in [0.15, 0.2) is 0 Å². The first-order valence-electron chi connectivity index (χ1n) is 9.70. The van der Waals surface area contributed by atoms with E-state index in [-0.39, 0.29) is 0 Å². The summed E-state index contributed by atoms with van der Waals surface area (Å²) in [4.78, 5) is 13.8. The van der Waals surface area contributed by atoms with Crippen molar-refractivity contribution < 1.29 is 0 Å². The zero-order valence-electron chi connectivity index (χ0n) is 15.8. The maximum Gasteiger partial charge on any atom is 0.227 e. The van der Waals surface area contributed by atoms with Crippen molar-refractivity contribution in [3.05, 3.63) is 78.5 Å². The molecule has 4 nitrogen and oxygen atoms in total. The van der Waals surface area contributed by atoms with Crippen molar-refractivity contribution in [1.29, 1.82) is 0 Å². The van der Waals surface area contributed by atoms with Gasteiger partial charge >= 0.3 is 0 Å². The third-order valence-electron chi connectivity index (χ3n) is 5.38. The molecule has 1 saturated heterocycles. The highest BCUT2D eigenvalue weighted by atomic mass is 15.3. The third-order valence-corrected chi connectivity index (χ3v) is 5.38. The molecule has 3 aromatic rings. The largest absolute Gasteiger partial charge is 0.341 e. The van der Waals surface area contributed by atoms with Gasteiger partial charge in [-0.25, -0.2) is 4.98 Å². The van der Waals surface area contributed by atoms with Gasteiger partial charge in [0, 0.05) is 32.0 Å². The van der Waals surface area contributed by atoms with E-state index in [1.807, 2.05) is 37.5 Å². The summed E-state index contributed by atoms with van der Waals surface area (Å²) in [7, 11) is 2.05. The third kappa shape index (κ3) is 4.27. The Hall–Kier alpha value is -2.88. The molecule has 2 aromatic carbocycles. The maximum absolute atomic E-state index is 4.82. The highest BCUT2D eigenvalue weighted by molar-refractivity contribution is 5.59. The van der Waals surface area contributed by atoms with Gasteiger partial charge < -0.3 is 9.80 Å². The summed E-state index contributed by atoms with van der Waals surface area (Å²) in [5, 5.41) is 0. The number of hydrogen-bond acceptors (Lipinski definition) is 4. The maximum atomic E-state index is 4.82. The zero-order chi connectivity index (χ0) is 18.5. The first kappa shape index (κ1) is 17.5. The lowest BCUT2D eigenvalue weighted by molar-refractivity contribution is 0.400. The van der Waals surface area contributed by atoms with Crippen LogP contribution in [0, 0.1) is 5.92 Å². The molecule has 4 rings (SSSR count). The fourth-order valence-corrected chi connectivity index (χ4v) is 3.75. The summed E-state index contributed by atoms with van der Waals surface area (Å²) >= 11 is 0. The Bertz CT molecular complexity index is 843. The van der Waals surface area contributed by atoms with Crippen LogP contribution in [0.2, 0.25) is 0 Å². The smallest absolute Gasteiger partial charge is 0.227 e. The van der Waals surface area contributed by atoms with E-state index in [1.54, 1.807) is 0 Å². The molecule has 0 saturated carbocycles. The fraction of sp³-hybridized carbons (Fsp3) is 0.304. The van der Waals surface area contributed by atoms with E-state index in [9.17, 15) is 0 Å². The number of aromatic nitrogens is 2. The molecule has 2 heterocycles. The molecule has 1 aromatic heterocycles. The van der Waals surface area contributed by atoms with E-state index in [0.29, 0.717) is 0 Å². The Morgan fingerprint density at radius 2 is 1.59 bits per heavy atom. The van der Waals surface area contributed by atoms with Crippen LogP contribution in [-0.2, 0) is 6.42 Å². The molecular weight excluding hydrogens is 332 g/mol. The van der Waals surface area contributed by atoms with E-state index in [4.69, 9.17) is 4.98 Å². The molecule has 1 fully saturated rings. The van der Waals surface area contributed by atoms with Gasteiger partial charge in [0.1, 0.15) is 5.82 Å². The number of para-hydroxylation sites is 1. The number of piperidine rings is 1. The first-order valence-corrected chi connectivity index (χ1v) is 9.70. The van der Waals surface area contributed by atoms with Crippen LogP contribution in [-0.4, -0.2) is 30.1 Å². The minimum absolute atomic E-state index is 0.749. The monoisotopic (exact) mass is 358 g/mol. The molecule has 138 valence electrons. The van der Waals surface area contributed by atoms with Crippen molar-refractivity contribution in [1.82, 2.24) is 9.97 Å². The lowest BCUT2D eigenvalue weighted by atomic mass is 9.90. The number of rotatable bonds is 5. The first-order chi connectivity index (χ1) is 13.3. The van der Waals surface area contributed by atoms with Gasteiger partial charge in [0.25, 0.3) is 0 Å². The van der Waals surface area contributed by atoms with Gasteiger partial charge in [-0.3, -0.25) is 0 Å². The highest BCUT2D eigenvalue weighted by Gasteiger charge is 2.21. The summed E-state index contributed by atoms with van der Waals surface area (Å²) in [5.74, 6) is 2.52. The van der Waals surface area contributed by atoms with Crippen LogP contribution < -0.4 is 9.80 Å². The molecule has 0 N–H and O–H groups in total. The number of hydrogen-bond donors (Lipinski definition) is 0. The summed E-state index contributed by atoms with van der Waals surface area (Å²) in [6, 6.07) is 23.1. The Balaban J connectivity index is 1.40. The standard InChI is InChI=1S/C23H26N4/c1-26(21-10-6-3-7-11-21)22-12-15-24-23(25-22)27-16-13-20(14-17-27)18-19-8-4-2-5-9-19/h2-12,15,20H,13-14,16-18H2,1H3. The van der Waals surface area contributed by atoms with E-state index in [2.05, 4.69) is 57.2 Å². The van der Waals surface area contributed by atoms with Gasteiger partial charge in [0.05, 0.1) is 0 Å². The van der Waals surface area contributed by atoms with Crippen molar-refractivity contribution in [3.63, 3.8) is 0 Å². The molecule has 0 atom stereocenters. The minimum atomic E-state index is 0.749. The average Bonchev–Trinajstić information content (AvgIpc) is 2.75.